The fraction of sp³-hybridized carbons (Fsp3) is 0.615. The SMILES string of the molecule is CCN1CCN(c2cc(CCl)ccn2)CC1C. The Morgan fingerprint density at radius 2 is 2.29 bits per heavy atom. The zero-order valence-corrected chi connectivity index (χ0v) is 11.3. The van der Waals surface area contributed by atoms with Crippen molar-refractivity contribution in [3.63, 3.8) is 0 Å². The lowest BCUT2D eigenvalue weighted by molar-refractivity contribution is 0.199. The molecule has 4 heteroatoms. The van der Waals surface area contributed by atoms with Gasteiger partial charge >= 0.3 is 0 Å². The summed E-state index contributed by atoms with van der Waals surface area (Å²) >= 11 is 5.86. The van der Waals surface area contributed by atoms with Crippen molar-refractivity contribution in [2.24, 2.45) is 0 Å². The number of alkyl halides is 1. The maximum absolute atomic E-state index is 5.86. The molecule has 1 saturated heterocycles. The summed E-state index contributed by atoms with van der Waals surface area (Å²) in [4.78, 5) is 9.30. The van der Waals surface area contributed by atoms with E-state index in [-0.39, 0.29) is 0 Å². The first-order valence-electron chi connectivity index (χ1n) is 6.24. The van der Waals surface area contributed by atoms with Gasteiger partial charge in [-0.15, -0.1) is 11.6 Å². The second-order valence-electron chi connectivity index (χ2n) is 4.58. The summed E-state index contributed by atoms with van der Waals surface area (Å²) in [5.74, 6) is 1.62. The molecule has 1 atom stereocenters. The molecule has 1 aromatic rings. The number of piperazine rings is 1. The molecule has 2 heterocycles. The molecular weight excluding hydrogens is 234 g/mol. The van der Waals surface area contributed by atoms with Gasteiger partial charge in [0.2, 0.25) is 0 Å². The summed E-state index contributed by atoms with van der Waals surface area (Å²) < 4.78 is 0. The normalized spacial score (nSPS) is 21.8. The molecule has 3 nitrogen and oxygen atoms in total. The molecular formula is C13H20ClN3. The van der Waals surface area contributed by atoms with Crippen molar-refractivity contribution in [1.82, 2.24) is 9.88 Å². The van der Waals surface area contributed by atoms with Crippen LogP contribution in [0.2, 0.25) is 0 Å². The van der Waals surface area contributed by atoms with E-state index in [1.807, 2.05) is 12.3 Å². The highest BCUT2D eigenvalue weighted by Crippen LogP contribution is 2.18. The predicted molar refractivity (Wildman–Crippen MR) is 72.7 cm³/mol. The molecule has 1 unspecified atom stereocenters. The quantitative estimate of drug-likeness (QED) is 0.771. The van der Waals surface area contributed by atoms with Gasteiger partial charge in [-0.25, -0.2) is 4.98 Å². The molecule has 0 amide bonds. The predicted octanol–water partition coefficient (Wildman–Crippen LogP) is 2.35. The smallest absolute Gasteiger partial charge is 0.128 e. The van der Waals surface area contributed by atoms with E-state index in [2.05, 4.69) is 34.7 Å². The lowest BCUT2D eigenvalue weighted by atomic mass is 10.2. The van der Waals surface area contributed by atoms with Crippen molar-refractivity contribution in [2.75, 3.05) is 31.1 Å². The number of rotatable bonds is 3. The van der Waals surface area contributed by atoms with E-state index in [9.17, 15) is 0 Å². The van der Waals surface area contributed by atoms with Gasteiger partial charge in [0.15, 0.2) is 0 Å². The molecule has 0 N–H and O–H groups in total. The minimum absolute atomic E-state index is 0.556. The minimum Gasteiger partial charge on any atom is -0.354 e. The van der Waals surface area contributed by atoms with E-state index >= 15 is 0 Å². The summed E-state index contributed by atoms with van der Waals surface area (Å²) in [5, 5.41) is 0. The molecule has 17 heavy (non-hydrogen) atoms. The highest BCUT2D eigenvalue weighted by atomic mass is 35.5. The van der Waals surface area contributed by atoms with Gasteiger partial charge in [-0.05, 0) is 31.2 Å². The van der Waals surface area contributed by atoms with Crippen molar-refractivity contribution in [3.05, 3.63) is 23.9 Å². The van der Waals surface area contributed by atoms with Crippen LogP contribution in [0, 0.1) is 0 Å². The van der Waals surface area contributed by atoms with Gasteiger partial charge in [-0.2, -0.15) is 0 Å². The molecule has 2 rings (SSSR count). The zero-order valence-electron chi connectivity index (χ0n) is 10.6. The third kappa shape index (κ3) is 2.90. The van der Waals surface area contributed by atoms with Crippen molar-refractivity contribution in [1.29, 1.82) is 0 Å². The highest BCUT2D eigenvalue weighted by molar-refractivity contribution is 6.17. The summed E-state index contributed by atoms with van der Waals surface area (Å²) in [7, 11) is 0. The highest BCUT2D eigenvalue weighted by Gasteiger charge is 2.22. The molecule has 0 aliphatic carbocycles. The molecule has 0 spiro atoms. The van der Waals surface area contributed by atoms with Crippen molar-refractivity contribution >= 4 is 17.4 Å². The van der Waals surface area contributed by atoms with Crippen LogP contribution in [0.1, 0.15) is 19.4 Å². The number of aromatic nitrogens is 1. The third-order valence-electron chi connectivity index (χ3n) is 3.46. The van der Waals surface area contributed by atoms with Crippen LogP contribution in [-0.4, -0.2) is 42.1 Å². The van der Waals surface area contributed by atoms with Crippen molar-refractivity contribution in [3.8, 4) is 0 Å². The molecule has 1 aliphatic rings. The van der Waals surface area contributed by atoms with Gasteiger partial charge in [0.05, 0.1) is 0 Å². The summed E-state index contributed by atoms with van der Waals surface area (Å²) in [6.45, 7) is 8.84. The first-order chi connectivity index (χ1) is 8.24. The number of likely N-dealkylation sites (N-methyl/N-ethyl adjacent to an activating group) is 1. The van der Waals surface area contributed by atoms with Crippen LogP contribution < -0.4 is 4.90 Å². The Kier molecular flexibility index (Phi) is 4.24. The van der Waals surface area contributed by atoms with E-state index in [0.29, 0.717) is 11.9 Å². The van der Waals surface area contributed by atoms with Crippen LogP contribution >= 0.6 is 11.6 Å². The molecule has 1 fully saturated rings. The molecule has 1 aliphatic heterocycles. The topological polar surface area (TPSA) is 19.4 Å². The van der Waals surface area contributed by atoms with Crippen molar-refractivity contribution in [2.45, 2.75) is 25.8 Å². The van der Waals surface area contributed by atoms with Crippen LogP contribution in [0.25, 0.3) is 0 Å². The molecule has 0 radical (unpaired) electrons. The Bertz CT molecular complexity index is 369. The maximum atomic E-state index is 5.86. The second kappa shape index (κ2) is 5.69. The van der Waals surface area contributed by atoms with Gasteiger partial charge < -0.3 is 4.90 Å². The van der Waals surface area contributed by atoms with Gasteiger partial charge in [0.1, 0.15) is 5.82 Å². The van der Waals surface area contributed by atoms with E-state index < -0.39 is 0 Å². The Morgan fingerprint density at radius 1 is 1.47 bits per heavy atom. The van der Waals surface area contributed by atoms with Crippen molar-refractivity contribution < 1.29 is 0 Å². The molecule has 0 bridgehead atoms. The van der Waals surface area contributed by atoms with E-state index in [1.54, 1.807) is 0 Å². The van der Waals surface area contributed by atoms with Gasteiger partial charge in [-0.1, -0.05) is 6.92 Å². The largest absolute Gasteiger partial charge is 0.354 e. The fourth-order valence-electron chi connectivity index (χ4n) is 2.39. The molecule has 1 aromatic heterocycles. The number of hydrogen-bond donors (Lipinski definition) is 0. The Morgan fingerprint density at radius 3 is 2.94 bits per heavy atom. The van der Waals surface area contributed by atoms with Crippen LogP contribution in [0.4, 0.5) is 5.82 Å². The third-order valence-corrected chi connectivity index (χ3v) is 3.77. The van der Waals surface area contributed by atoms with Crippen LogP contribution in [-0.2, 0) is 5.88 Å². The number of anilines is 1. The first-order valence-corrected chi connectivity index (χ1v) is 6.78. The van der Waals surface area contributed by atoms with E-state index in [1.165, 1.54) is 0 Å². The summed E-state index contributed by atoms with van der Waals surface area (Å²) in [5.41, 5.74) is 1.14. The maximum Gasteiger partial charge on any atom is 0.128 e. The zero-order chi connectivity index (χ0) is 12.3. The van der Waals surface area contributed by atoms with Crippen LogP contribution in [0.15, 0.2) is 18.3 Å². The Labute approximate surface area is 108 Å². The lowest BCUT2D eigenvalue weighted by Crippen LogP contribution is -2.52. The number of halogens is 1. The van der Waals surface area contributed by atoms with E-state index in [0.717, 1.165) is 37.6 Å². The molecule has 94 valence electrons. The average molecular weight is 254 g/mol. The molecule has 0 aromatic carbocycles. The Hall–Kier alpha value is -0.800. The van der Waals surface area contributed by atoms with Gasteiger partial charge in [0, 0.05) is 37.8 Å². The van der Waals surface area contributed by atoms with Crippen LogP contribution in [0.5, 0.6) is 0 Å². The summed E-state index contributed by atoms with van der Waals surface area (Å²) in [6.07, 6.45) is 1.85. The molecule has 0 saturated carbocycles. The monoisotopic (exact) mass is 253 g/mol. The Balaban J connectivity index is 2.08. The standard InChI is InChI=1S/C13H20ClN3/c1-3-16-6-7-17(10-11(16)2)13-8-12(9-14)4-5-15-13/h4-5,8,11H,3,6-7,9-10H2,1-2H3. The lowest BCUT2D eigenvalue weighted by Gasteiger charge is -2.40. The van der Waals surface area contributed by atoms with E-state index in [4.69, 9.17) is 11.6 Å². The average Bonchev–Trinajstić information content (AvgIpc) is 2.38. The second-order valence-corrected chi connectivity index (χ2v) is 4.85. The number of nitrogens with zero attached hydrogens (tertiary/aromatic N) is 3. The first kappa shape index (κ1) is 12.7. The fourth-order valence-corrected chi connectivity index (χ4v) is 2.56. The van der Waals surface area contributed by atoms with Crippen LogP contribution in [0.3, 0.4) is 0 Å². The number of pyridine rings is 1. The number of hydrogen-bond acceptors (Lipinski definition) is 3. The summed E-state index contributed by atoms with van der Waals surface area (Å²) in [6, 6.07) is 4.67. The minimum atomic E-state index is 0.556. The van der Waals surface area contributed by atoms with Gasteiger partial charge in [-0.3, -0.25) is 4.90 Å². The van der Waals surface area contributed by atoms with Gasteiger partial charge in [0.25, 0.3) is 0 Å².